The van der Waals surface area contributed by atoms with Crippen LogP contribution in [0.1, 0.15) is 11.1 Å². The number of ether oxygens (including phenoxy) is 2. The third kappa shape index (κ3) is 7.14. The lowest BCUT2D eigenvalue weighted by atomic mass is 10.0. The Bertz CT molecular complexity index is 3830. The molecule has 334 valence electrons. The van der Waals surface area contributed by atoms with Gasteiger partial charge in [-0.25, -0.2) is 9.97 Å². The molecule has 6 aromatic carbocycles. The van der Waals surface area contributed by atoms with Crippen LogP contribution in [0.4, 0.5) is 0 Å². The highest BCUT2D eigenvalue weighted by molar-refractivity contribution is 6.10. The second-order valence-electron chi connectivity index (χ2n) is 17.3. The lowest BCUT2D eigenvalue weighted by molar-refractivity contribution is 0.481. The molecule has 0 saturated heterocycles. The number of benzene rings is 6. The summed E-state index contributed by atoms with van der Waals surface area (Å²) in [5, 5.41) is 4.49. The number of hydrogen-bond acceptors (Lipinski definition) is 8. The summed E-state index contributed by atoms with van der Waals surface area (Å²) in [6, 6.07) is 56.9. The van der Waals surface area contributed by atoms with Gasteiger partial charge in [-0.3, -0.25) is 19.1 Å². The normalized spacial score (nSPS) is 11.6. The SMILES string of the molecule is Cc1ccnc(-n2c3ccccc3c3ccc(Oc4cc(-c5cnc(-c6ccc(-c7ccco7)c(Oc7ccc8c9ccccc9n(-c9cc(C)ccn9)c8c7)c6)cn5)ccc4-c4ccco4)cc32)c1. The van der Waals surface area contributed by atoms with Gasteiger partial charge in [0.2, 0.25) is 0 Å². The van der Waals surface area contributed by atoms with Gasteiger partial charge in [0.25, 0.3) is 0 Å². The Morgan fingerprint density at radius 1 is 0.400 bits per heavy atom. The maximum Gasteiger partial charge on any atom is 0.139 e. The standard InChI is InChI=1S/C60H40N6O4/c1-37-23-25-61-59(29-37)65-51-11-5-3-9-43(51)45-21-17-41(33-53(45)65)69-57-31-39(15-19-47(57)55-13-7-27-67-55)49-35-64-50(36-63-49)40-16-20-48(56-14-8-28-68-56)58(32-40)70-42-18-22-46-44-10-4-6-12-52(44)66(54(46)34-42)60-30-38(2)24-26-62-60/h3-36H,1-2H3. The van der Waals surface area contributed by atoms with Gasteiger partial charge >= 0.3 is 0 Å². The van der Waals surface area contributed by atoms with Gasteiger partial charge in [-0.15, -0.1) is 0 Å². The van der Waals surface area contributed by atoms with Crippen molar-refractivity contribution in [2.45, 2.75) is 13.8 Å². The van der Waals surface area contributed by atoms with Gasteiger partial charge in [0, 0.05) is 57.2 Å². The summed E-state index contributed by atoms with van der Waals surface area (Å²) >= 11 is 0. The average Bonchev–Trinajstić information content (AvgIpc) is 4.23. The molecule has 0 radical (unpaired) electrons. The fourth-order valence-corrected chi connectivity index (χ4v) is 9.49. The second kappa shape index (κ2) is 16.7. The van der Waals surface area contributed by atoms with Crippen LogP contribution in [-0.2, 0) is 0 Å². The van der Waals surface area contributed by atoms with E-state index < -0.39 is 0 Å². The number of para-hydroxylation sites is 2. The van der Waals surface area contributed by atoms with Crippen LogP contribution < -0.4 is 9.47 Å². The number of hydrogen-bond donors (Lipinski definition) is 0. The van der Waals surface area contributed by atoms with Crippen LogP contribution in [0.5, 0.6) is 23.0 Å². The number of aryl methyl sites for hydroxylation is 2. The zero-order chi connectivity index (χ0) is 46.7. The Morgan fingerprint density at radius 3 is 1.29 bits per heavy atom. The van der Waals surface area contributed by atoms with Crippen molar-refractivity contribution in [2.24, 2.45) is 0 Å². The summed E-state index contributed by atoms with van der Waals surface area (Å²) in [4.78, 5) is 19.4. The monoisotopic (exact) mass is 908 g/mol. The van der Waals surface area contributed by atoms with Crippen LogP contribution in [0.3, 0.4) is 0 Å². The first-order chi connectivity index (χ1) is 34.5. The van der Waals surface area contributed by atoms with Crippen LogP contribution >= 0.6 is 0 Å². The first-order valence-electron chi connectivity index (χ1n) is 23.0. The second-order valence-corrected chi connectivity index (χ2v) is 17.3. The summed E-state index contributed by atoms with van der Waals surface area (Å²) in [7, 11) is 0. The van der Waals surface area contributed by atoms with E-state index in [1.807, 2.05) is 97.3 Å². The van der Waals surface area contributed by atoms with Gasteiger partial charge in [-0.05, 0) is 134 Å². The summed E-state index contributed by atoms with van der Waals surface area (Å²) < 4.78 is 29.8. The maximum absolute atomic E-state index is 6.82. The molecule has 7 aromatic heterocycles. The summed E-state index contributed by atoms with van der Waals surface area (Å²) in [5.74, 6) is 5.60. The van der Waals surface area contributed by atoms with Crippen LogP contribution in [0.2, 0.25) is 0 Å². The lowest BCUT2D eigenvalue weighted by Gasteiger charge is -2.14. The maximum atomic E-state index is 6.82. The summed E-state index contributed by atoms with van der Waals surface area (Å²) in [6.07, 6.45) is 10.6. The van der Waals surface area contributed by atoms with E-state index in [4.69, 9.17) is 38.2 Å². The Labute approximate surface area is 401 Å². The van der Waals surface area contributed by atoms with Crippen molar-refractivity contribution in [1.82, 2.24) is 29.1 Å². The topological polar surface area (TPSA) is 106 Å². The molecule has 0 spiro atoms. The highest BCUT2D eigenvalue weighted by Gasteiger charge is 2.20. The smallest absolute Gasteiger partial charge is 0.139 e. The van der Waals surface area contributed by atoms with Gasteiger partial charge in [-0.1, -0.05) is 48.5 Å². The minimum atomic E-state index is 0.609. The summed E-state index contributed by atoms with van der Waals surface area (Å²) in [5.41, 5.74) is 11.0. The van der Waals surface area contributed by atoms with Crippen molar-refractivity contribution < 1.29 is 18.3 Å². The number of fused-ring (bicyclic) bond motifs is 6. The Hall–Kier alpha value is -9.54. The number of rotatable bonds is 10. The number of pyridine rings is 2. The molecular weight excluding hydrogens is 869 g/mol. The van der Waals surface area contributed by atoms with Crippen molar-refractivity contribution in [3.8, 4) is 79.8 Å². The molecule has 10 heteroatoms. The van der Waals surface area contributed by atoms with Gasteiger partial charge < -0.3 is 18.3 Å². The fourth-order valence-electron chi connectivity index (χ4n) is 9.49. The molecule has 13 aromatic rings. The van der Waals surface area contributed by atoms with E-state index >= 15 is 0 Å². The van der Waals surface area contributed by atoms with Crippen LogP contribution in [-0.4, -0.2) is 29.1 Å². The molecule has 10 nitrogen and oxygen atoms in total. The molecule has 0 fully saturated rings. The third-order valence-electron chi connectivity index (χ3n) is 12.8. The minimum Gasteiger partial charge on any atom is -0.464 e. The first-order valence-corrected chi connectivity index (χ1v) is 23.0. The first kappa shape index (κ1) is 40.7. The highest BCUT2D eigenvalue weighted by atomic mass is 16.5. The molecule has 70 heavy (non-hydrogen) atoms. The van der Waals surface area contributed by atoms with Crippen LogP contribution in [0.15, 0.2) is 216 Å². The van der Waals surface area contributed by atoms with Crippen molar-refractivity contribution in [3.63, 3.8) is 0 Å². The molecule has 0 saturated carbocycles. The molecule has 0 unspecified atom stereocenters. The molecular formula is C60H40N6O4. The van der Waals surface area contributed by atoms with E-state index in [1.165, 1.54) is 0 Å². The average molecular weight is 909 g/mol. The number of aromatic nitrogens is 6. The van der Waals surface area contributed by atoms with E-state index in [9.17, 15) is 0 Å². The van der Waals surface area contributed by atoms with Crippen LogP contribution in [0, 0.1) is 13.8 Å². The zero-order valence-corrected chi connectivity index (χ0v) is 37.9. The highest BCUT2D eigenvalue weighted by Crippen LogP contribution is 2.42. The third-order valence-corrected chi connectivity index (χ3v) is 12.8. The van der Waals surface area contributed by atoms with Gasteiger partial charge in [0.1, 0.15) is 46.2 Å². The number of furan rings is 2. The van der Waals surface area contributed by atoms with Gasteiger partial charge in [-0.2, -0.15) is 0 Å². The van der Waals surface area contributed by atoms with Gasteiger partial charge in [0.15, 0.2) is 0 Å². The zero-order valence-electron chi connectivity index (χ0n) is 37.9. The van der Waals surface area contributed by atoms with E-state index in [2.05, 4.69) is 108 Å². The molecule has 0 atom stereocenters. The van der Waals surface area contributed by atoms with Crippen LogP contribution in [0.25, 0.3) is 100 Å². The Balaban J connectivity index is 0.846. The quantitative estimate of drug-likeness (QED) is 0.134. The number of nitrogens with zero attached hydrogens (tertiary/aromatic N) is 6. The molecule has 0 N–H and O–H groups in total. The molecule has 13 rings (SSSR count). The lowest BCUT2D eigenvalue weighted by Crippen LogP contribution is -1.98. The van der Waals surface area contributed by atoms with Crippen molar-refractivity contribution in [3.05, 3.63) is 218 Å². The molecule has 0 aliphatic rings. The van der Waals surface area contributed by atoms with E-state index in [-0.39, 0.29) is 0 Å². The summed E-state index contributed by atoms with van der Waals surface area (Å²) in [6.45, 7) is 4.16. The molecule has 7 heterocycles. The fraction of sp³-hybridized carbons (Fsp3) is 0.0333. The molecule has 0 aliphatic carbocycles. The predicted octanol–water partition coefficient (Wildman–Crippen LogP) is 15.5. The predicted molar refractivity (Wildman–Crippen MR) is 275 cm³/mol. The van der Waals surface area contributed by atoms with Crippen molar-refractivity contribution in [1.29, 1.82) is 0 Å². The largest absolute Gasteiger partial charge is 0.464 e. The Morgan fingerprint density at radius 2 is 0.857 bits per heavy atom. The molecule has 0 bridgehead atoms. The molecule has 0 amide bonds. The van der Waals surface area contributed by atoms with Gasteiger partial charge in [0.05, 0.1) is 69.5 Å². The van der Waals surface area contributed by atoms with Crippen molar-refractivity contribution >= 4 is 43.6 Å². The Kier molecular flexibility index (Phi) is 9.69. The van der Waals surface area contributed by atoms with E-state index in [1.54, 1.807) is 24.9 Å². The van der Waals surface area contributed by atoms with E-state index in [0.717, 1.165) is 88.6 Å². The molecule has 0 aliphatic heterocycles. The van der Waals surface area contributed by atoms with E-state index in [0.29, 0.717) is 45.9 Å². The minimum absolute atomic E-state index is 0.609. The van der Waals surface area contributed by atoms with Crippen molar-refractivity contribution in [2.75, 3.05) is 0 Å².